The number of nitrogens with one attached hydrogen (secondary N) is 1. The maximum Gasteiger partial charge on any atom is 0.231 e. The van der Waals surface area contributed by atoms with Crippen molar-refractivity contribution < 1.29 is 14.6 Å². The molecule has 2 fully saturated rings. The van der Waals surface area contributed by atoms with Crippen LogP contribution in [0.5, 0.6) is 17.2 Å². The van der Waals surface area contributed by atoms with Crippen LogP contribution in [0.3, 0.4) is 0 Å². The number of fused-ring (bicyclic) bond motifs is 1. The molecule has 108 valence electrons. The molecule has 2 aliphatic carbocycles. The Hall–Kier alpha value is -1.42. The zero-order chi connectivity index (χ0) is 13.5. The molecule has 4 nitrogen and oxygen atoms in total. The molecule has 0 bridgehead atoms. The summed E-state index contributed by atoms with van der Waals surface area (Å²) >= 11 is 0. The molecule has 1 aromatic carbocycles. The lowest BCUT2D eigenvalue weighted by Crippen LogP contribution is -2.25. The van der Waals surface area contributed by atoms with Gasteiger partial charge >= 0.3 is 0 Å². The molecule has 1 heterocycles. The average Bonchev–Trinajstić information content (AvgIpc) is 3.34. The summed E-state index contributed by atoms with van der Waals surface area (Å²) in [5.41, 5.74) is 0.889. The second-order valence-electron chi connectivity index (χ2n) is 6.30. The van der Waals surface area contributed by atoms with Crippen LogP contribution in [0.4, 0.5) is 0 Å². The Morgan fingerprint density at radius 3 is 2.40 bits per heavy atom. The number of aromatic hydroxyl groups is 1. The summed E-state index contributed by atoms with van der Waals surface area (Å²) in [6.07, 6.45) is 5.66. The molecule has 0 radical (unpaired) electrons. The first-order valence-electron chi connectivity index (χ1n) is 7.63. The van der Waals surface area contributed by atoms with Crippen LogP contribution in [0.2, 0.25) is 0 Å². The number of phenolic OH excluding ortho intramolecular Hbond substituents is 1. The smallest absolute Gasteiger partial charge is 0.231 e. The molecule has 2 saturated carbocycles. The number of benzene rings is 1. The van der Waals surface area contributed by atoms with E-state index in [0.717, 1.165) is 35.6 Å². The highest BCUT2D eigenvalue weighted by molar-refractivity contribution is 5.51. The minimum atomic E-state index is 0.247. The summed E-state index contributed by atoms with van der Waals surface area (Å²) in [4.78, 5) is 0. The van der Waals surface area contributed by atoms with Gasteiger partial charge in [-0.15, -0.1) is 0 Å². The van der Waals surface area contributed by atoms with Crippen molar-refractivity contribution in [2.24, 2.45) is 17.8 Å². The highest BCUT2D eigenvalue weighted by Gasteiger charge is 2.40. The molecule has 3 aliphatic rings. The maximum absolute atomic E-state index is 10.0. The lowest BCUT2D eigenvalue weighted by molar-refractivity contribution is 0.174. The Morgan fingerprint density at radius 1 is 1.10 bits per heavy atom. The van der Waals surface area contributed by atoms with Gasteiger partial charge in [-0.3, -0.25) is 0 Å². The van der Waals surface area contributed by atoms with Crippen molar-refractivity contribution in [1.29, 1.82) is 0 Å². The van der Waals surface area contributed by atoms with Gasteiger partial charge in [0.2, 0.25) is 6.79 Å². The second-order valence-corrected chi connectivity index (χ2v) is 6.30. The molecule has 0 amide bonds. The van der Waals surface area contributed by atoms with Crippen LogP contribution in [0.25, 0.3) is 0 Å². The number of hydrogen-bond acceptors (Lipinski definition) is 4. The molecular weight excluding hydrogens is 254 g/mol. The van der Waals surface area contributed by atoms with E-state index in [0.29, 0.717) is 12.3 Å². The van der Waals surface area contributed by atoms with E-state index in [1.54, 1.807) is 6.07 Å². The molecule has 0 atom stereocenters. The highest BCUT2D eigenvalue weighted by Crippen LogP contribution is 2.48. The van der Waals surface area contributed by atoms with Gasteiger partial charge in [-0.25, -0.2) is 0 Å². The van der Waals surface area contributed by atoms with Crippen LogP contribution in [0.15, 0.2) is 12.1 Å². The lowest BCUT2D eigenvalue weighted by Gasteiger charge is -2.16. The highest BCUT2D eigenvalue weighted by atomic mass is 16.7. The third kappa shape index (κ3) is 2.44. The van der Waals surface area contributed by atoms with E-state index in [1.807, 2.05) is 6.07 Å². The van der Waals surface area contributed by atoms with Gasteiger partial charge in [-0.2, -0.15) is 0 Å². The third-order valence-electron chi connectivity index (χ3n) is 4.72. The Balaban J connectivity index is 1.37. The molecule has 0 saturated heterocycles. The Bertz CT molecular complexity index is 497. The van der Waals surface area contributed by atoms with Gasteiger partial charge in [0.1, 0.15) is 5.75 Å². The summed E-state index contributed by atoms with van der Waals surface area (Å²) in [5, 5.41) is 13.5. The standard InChI is InChI=1S/C16H21NO3/c18-14-6-16-15(19-9-20-16)5-12(14)7-17-8-13(10-1-2-10)11-3-4-11/h5-6,10-11,13,17-18H,1-4,7-9H2. The average molecular weight is 275 g/mol. The molecule has 2 N–H and O–H groups in total. The maximum atomic E-state index is 10.0. The van der Waals surface area contributed by atoms with Gasteiger partial charge in [0, 0.05) is 18.2 Å². The summed E-state index contributed by atoms with van der Waals surface area (Å²) in [5.74, 6) is 4.43. The van der Waals surface area contributed by atoms with E-state index in [9.17, 15) is 5.11 Å². The van der Waals surface area contributed by atoms with E-state index in [2.05, 4.69) is 5.32 Å². The van der Waals surface area contributed by atoms with E-state index >= 15 is 0 Å². The van der Waals surface area contributed by atoms with Gasteiger partial charge in [-0.1, -0.05) is 0 Å². The van der Waals surface area contributed by atoms with Gasteiger partial charge in [0.05, 0.1) is 0 Å². The van der Waals surface area contributed by atoms with Crippen LogP contribution in [0, 0.1) is 17.8 Å². The van der Waals surface area contributed by atoms with E-state index < -0.39 is 0 Å². The Kier molecular flexibility index (Phi) is 2.99. The number of phenols is 1. The van der Waals surface area contributed by atoms with Gasteiger partial charge in [0.25, 0.3) is 0 Å². The SMILES string of the molecule is Oc1cc2c(cc1CNCC(C1CC1)C1CC1)OCO2. The van der Waals surface area contributed by atoms with Gasteiger partial charge in [0.15, 0.2) is 11.5 Å². The van der Waals surface area contributed by atoms with Crippen molar-refractivity contribution in [3.05, 3.63) is 17.7 Å². The summed E-state index contributed by atoms with van der Waals surface area (Å²) < 4.78 is 10.6. The largest absolute Gasteiger partial charge is 0.507 e. The summed E-state index contributed by atoms with van der Waals surface area (Å²) in [6, 6.07) is 3.53. The topological polar surface area (TPSA) is 50.7 Å². The fourth-order valence-corrected chi connectivity index (χ4v) is 3.26. The fraction of sp³-hybridized carbons (Fsp3) is 0.625. The first-order chi connectivity index (χ1) is 9.81. The molecule has 0 aromatic heterocycles. The summed E-state index contributed by atoms with van der Waals surface area (Å²) in [6.45, 7) is 2.01. The van der Waals surface area contributed by atoms with Crippen molar-refractivity contribution in [3.8, 4) is 17.2 Å². The fourth-order valence-electron chi connectivity index (χ4n) is 3.26. The molecular formula is C16H21NO3. The normalized spacial score (nSPS) is 20.6. The second kappa shape index (κ2) is 4.85. The quantitative estimate of drug-likeness (QED) is 0.838. The van der Waals surface area contributed by atoms with E-state index in [1.165, 1.54) is 25.7 Å². The van der Waals surface area contributed by atoms with Gasteiger partial charge < -0.3 is 19.9 Å². The zero-order valence-corrected chi connectivity index (χ0v) is 11.6. The van der Waals surface area contributed by atoms with Crippen molar-refractivity contribution in [2.75, 3.05) is 13.3 Å². The van der Waals surface area contributed by atoms with Crippen LogP contribution in [-0.2, 0) is 6.54 Å². The third-order valence-corrected chi connectivity index (χ3v) is 4.72. The van der Waals surface area contributed by atoms with Crippen LogP contribution in [-0.4, -0.2) is 18.4 Å². The molecule has 4 heteroatoms. The molecule has 1 aromatic rings. The molecule has 0 unspecified atom stereocenters. The Labute approximate surface area is 119 Å². The van der Waals surface area contributed by atoms with Crippen LogP contribution < -0.4 is 14.8 Å². The first kappa shape index (κ1) is 12.3. The molecule has 1 aliphatic heterocycles. The monoisotopic (exact) mass is 275 g/mol. The summed E-state index contributed by atoms with van der Waals surface area (Å²) in [7, 11) is 0. The predicted octanol–water partition coefficient (Wildman–Crippen LogP) is 2.65. The van der Waals surface area contributed by atoms with Crippen molar-refractivity contribution in [2.45, 2.75) is 32.2 Å². The Morgan fingerprint density at radius 2 is 1.75 bits per heavy atom. The van der Waals surface area contributed by atoms with E-state index in [4.69, 9.17) is 9.47 Å². The first-order valence-corrected chi connectivity index (χ1v) is 7.63. The van der Waals surface area contributed by atoms with Gasteiger partial charge in [-0.05, 0) is 56.0 Å². The van der Waals surface area contributed by atoms with Crippen LogP contribution in [0.1, 0.15) is 31.2 Å². The van der Waals surface area contributed by atoms with Crippen molar-refractivity contribution in [3.63, 3.8) is 0 Å². The van der Waals surface area contributed by atoms with Crippen molar-refractivity contribution >= 4 is 0 Å². The number of rotatable bonds is 6. The molecule has 0 spiro atoms. The zero-order valence-electron chi connectivity index (χ0n) is 11.6. The number of ether oxygens (including phenoxy) is 2. The minimum absolute atomic E-state index is 0.247. The minimum Gasteiger partial charge on any atom is -0.507 e. The van der Waals surface area contributed by atoms with Crippen LogP contribution >= 0.6 is 0 Å². The van der Waals surface area contributed by atoms with Crippen molar-refractivity contribution in [1.82, 2.24) is 5.32 Å². The van der Waals surface area contributed by atoms with E-state index in [-0.39, 0.29) is 12.5 Å². The molecule has 20 heavy (non-hydrogen) atoms. The lowest BCUT2D eigenvalue weighted by atomic mass is 9.98. The predicted molar refractivity (Wildman–Crippen MR) is 74.9 cm³/mol. The number of hydrogen-bond donors (Lipinski definition) is 2. The molecule has 4 rings (SSSR count).